The summed E-state index contributed by atoms with van der Waals surface area (Å²) in [5, 5.41) is 9.87. The first kappa shape index (κ1) is 26.9. The highest BCUT2D eigenvalue weighted by molar-refractivity contribution is 7.14. The van der Waals surface area contributed by atoms with E-state index in [2.05, 4.69) is 0 Å². The number of ketones is 1. The highest BCUT2D eigenvalue weighted by atomic mass is 35.5. The van der Waals surface area contributed by atoms with Gasteiger partial charge >= 0.3 is 11.9 Å². The molecule has 0 amide bonds. The molecule has 0 saturated heterocycles. The van der Waals surface area contributed by atoms with Gasteiger partial charge in [-0.2, -0.15) is 5.26 Å². The number of benzene rings is 1. The second kappa shape index (κ2) is 12.2. The van der Waals surface area contributed by atoms with Gasteiger partial charge in [0.25, 0.3) is 0 Å². The SMILES string of the molecule is CCOC(=O)c1sc(CC(=O)/C(C#N)=C/c2cc(Cl)c(OC)c(OC)c2)c(C(=O)OCC)c1C. The molecule has 1 heterocycles. The first-order chi connectivity index (χ1) is 16.2. The summed E-state index contributed by atoms with van der Waals surface area (Å²) in [6.07, 6.45) is 1.09. The molecule has 0 saturated carbocycles. The van der Waals surface area contributed by atoms with E-state index in [9.17, 15) is 19.6 Å². The van der Waals surface area contributed by atoms with Gasteiger partial charge in [-0.25, -0.2) is 9.59 Å². The standard InChI is InChI=1S/C24H24ClNO7S/c1-6-32-23(28)20-13(3)22(24(29)33-7-2)34-19(20)11-17(27)15(12-26)8-14-9-16(25)21(31-5)18(10-14)30-4/h8-10H,6-7,11H2,1-5H3/b15-8+. The summed E-state index contributed by atoms with van der Waals surface area (Å²) >= 11 is 7.19. The zero-order valence-corrected chi connectivity index (χ0v) is 21.0. The van der Waals surface area contributed by atoms with E-state index >= 15 is 0 Å². The Morgan fingerprint density at radius 1 is 1.09 bits per heavy atom. The van der Waals surface area contributed by atoms with Gasteiger partial charge in [-0.1, -0.05) is 11.6 Å². The third kappa shape index (κ3) is 5.95. The van der Waals surface area contributed by atoms with E-state index in [1.54, 1.807) is 26.8 Å². The average Bonchev–Trinajstić information content (AvgIpc) is 3.12. The Labute approximate surface area is 206 Å². The lowest BCUT2D eigenvalue weighted by Crippen LogP contribution is -2.12. The third-order valence-corrected chi connectivity index (χ3v) is 6.22. The molecule has 34 heavy (non-hydrogen) atoms. The van der Waals surface area contributed by atoms with Crippen molar-refractivity contribution in [2.75, 3.05) is 27.4 Å². The van der Waals surface area contributed by atoms with Crippen molar-refractivity contribution in [1.82, 2.24) is 0 Å². The van der Waals surface area contributed by atoms with Crippen molar-refractivity contribution in [1.29, 1.82) is 5.26 Å². The lowest BCUT2D eigenvalue weighted by molar-refractivity contribution is -0.114. The molecule has 0 unspecified atom stereocenters. The predicted molar refractivity (Wildman–Crippen MR) is 128 cm³/mol. The van der Waals surface area contributed by atoms with Crippen molar-refractivity contribution in [3.8, 4) is 17.6 Å². The summed E-state index contributed by atoms with van der Waals surface area (Å²) in [5.41, 5.74) is 0.795. The molecule has 0 N–H and O–H groups in total. The van der Waals surface area contributed by atoms with Crippen molar-refractivity contribution < 1.29 is 33.3 Å². The molecule has 0 atom stereocenters. The van der Waals surface area contributed by atoms with Crippen LogP contribution in [0.3, 0.4) is 0 Å². The molecule has 2 aromatic rings. The molecule has 0 aliphatic carbocycles. The molecule has 180 valence electrons. The van der Waals surface area contributed by atoms with Crippen LogP contribution in [0.5, 0.6) is 11.5 Å². The summed E-state index contributed by atoms with van der Waals surface area (Å²) in [4.78, 5) is 38.4. The molecule has 2 rings (SSSR count). The van der Waals surface area contributed by atoms with Gasteiger partial charge in [-0.3, -0.25) is 4.79 Å². The molecule has 0 fully saturated rings. The normalized spacial score (nSPS) is 10.9. The van der Waals surface area contributed by atoms with Crippen LogP contribution in [0, 0.1) is 18.3 Å². The van der Waals surface area contributed by atoms with Gasteiger partial charge in [-0.05, 0) is 50.1 Å². The quantitative estimate of drug-likeness (QED) is 0.257. The zero-order chi connectivity index (χ0) is 25.4. The maximum atomic E-state index is 13.0. The second-order valence-electron chi connectivity index (χ2n) is 6.80. The minimum absolute atomic E-state index is 0.125. The Morgan fingerprint density at radius 2 is 1.74 bits per heavy atom. The second-order valence-corrected chi connectivity index (χ2v) is 8.32. The summed E-state index contributed by atoms with van der Waals surface area (Å²) < 4.78 is 20.6. The highest BCUT2D eigenvalue weighted by Crippen LogP contribution is 2.37. The fourth-order valence-corrected chi connectivity index (χ4v) is 4.65. The van der Waals surface area contributed by atoms with Gasteiger partial charge in [-0.15, -0.1) is 11.3 Å². The number of hydrogen-bond acceptors (Lipinski definition) is 9. The van der Waals surface area contributed by atoms with E-state index in [1.807, 2.05) is 6.07 Å². The van der Waals surface area contributed by atoms with E-state index in [0.29, 0.717) is 27.5 Å². The Kier molecular flexibility index (Phi) is 9.66. The summed E-state index contributed by atoms with van der Waals surface area (Å²) in [6.45, 7) is 5.20. The van der Waals surface area contributed by atoms with E-state index < -0.39 is 17.7 Å². The lowest BCUT2D eigenvalue weighted by atomic mass is 10.0. The molecule has 0 spiro atoms. The molecule has 0 radical (unpaired) electrons. The number of methoxy groups -OCH3 is 2. The number of esters is 2. The van der Waals surface area contributed by atoms with Gasteiger partial charge in [0.05, 0.1) is 43.6 Å². The van der Waals surface area contributed by atoms with Crippen molar-refractivity contribution in [2.24, 2.45) is 0 Å². The number of ether oxygens (including phenoxy) is 4. The van der Waals surface area contributed by atoms with Crippen LogP contribution in [-0.2, 0) is 20.7 Å². The number of thiophene rings is 1. The fraction of sp³-hybridized carbons (Fsp3) is 0.333. The van der Waals surface area contributed by atoms with Crippen molar-refractivity contribution in [2.45, 2.75) is 27.2 Å². The number of hydrogen-bond donors (Lipinski definition) is 0. The zero-order valence-electron chi connectivity index (χ0n) is 19.4. The number of nitriles is 1. The number of Topliss-reactive ketones (excluding diaryl/α,β-unsaturated/α-hetero) is 1. The van der Waals surface area contributed by atoms with Gasteiger partial charge in [0.2, 0.25) is 0 Å². The minimum Gasteiger partial charge on any atom is -0.493 e. The number of carbonyl (C=O) groups is 3. The van der Waals surface area contributed by atoms with Gasteiger partial charge in [0.15, 0.2) is 17.3 Å². The Hall–Kier alpha value is -3.35. The van der Waals surface area contributed by atoms with Crippen molar-refractivity contribution in [3.05, 3.63) is 49.2 Å². The molecule has 1 aromatic carbocycles. The van der Waals surface area contributed by atoms with Crippen LogP contribution in [0.2, 0.25) is 5.02 Å². The summed E-state index contributed by atoms with van der Waals surface area (Å²) in [5.74, 6) is -1.13. The Bertz CT molecular complexity index is 1180. The summed E-state index contributed by atoms with van der Waals surface area (Å²) in [7, 11) is 2.88. The lowest BCUT2D eigenvalue weighted by Gasteiger charge is -2.10. The van der Waals surface area contributed by atoms with Gasteiger partial charge < -0.3 is 18.9 Å². The van der Waals surface area contributed by atoms with Gasteiger partial charge in [0.1, 0.15) is 10.9 Å². The monoisotopic (exact) mass is 505 g/mol. The number of halogens is 1. The van der Waals surface area contributed by atoms with Crippen LogP contribution in [-0.4, -0.2) is 45.2 Å². The molecule has 1 aromatic heterocycles. The molecule has 10 heteroatoms. The number of allylic oxidation sites excluding steroid dienone is 1. The number of rotatable bonds is 10. The first-order valence-electron chi connectivity index (χ1n) is 10.2. The van der Waals surface area contributed by atoms with E-state index in [1.165, 1.54) is 26.4 Å². The highest BCUT2D eigenvalue weighted by Gasteiger charge is 2.28. The predicted octanol–water partition coefficient (Wildman–Crippen LogP) is 4.80. The van der Waals surface area contributed by atoms with Crippen molar-refractivity contribution >= 4 is 46.7 Å². The van der Waals surface area contributed by atoms with Gasteiger partial charge in [0, 0.05) is 11.3 Å². The number of nitrogens with zero attached hydrogens (tertiary/aromatic N) is 1. The molecular weight excluding hydrogens is 482 g/mol. The Morgan fingerprint density at radius 3 is 2.29 bits per heavy atom. The van der Waals surface area contributed by atoms with Crippen LogP contribution in [0.25, 0.3) is 6.08 Å². The van der Waals surface area contributed by atoms with Crippen LogP contribution in [0.4, 0.5) is 0 Å². The molecule has 8 nitrogen and oxygen atoms in total. The van der Waals surface area contributed by atoms with Crippen LogP contribution in [0.15, 0.2) is 17.7 Å². The van der Waals surface area contributed by atoms with E-state index in [0.717, 1.165) is 11.3 Å². The van der Waals surface area contributed by atoms with Crippen LogP contribution < -0.4 is 9.47 Å². The van der Waals surface area contributed by atoms with E-state index in [-0.39, 0.29) is 40.7 Å². The fourth-order valence-electron chi connectivity index (χ4n) is 3.16. The summed E-state index contributed by atoms with van der Waals surface area (Å²) in [6, 6.07) is 5.00. The maximum Gasteiger partial charge on any atom is 0.348 e. The Balaban J connectivity index is 2.47. The third-order valence-electron chi connectivity index (χ3n) is 4.67. The minimum atomic E-state index is -0.649. The molecule has 0 aliphatic rings. The number of carbonyl (C=O) groups excluding carboxylic acids is 3. The smallest absolute Gasteiger partial charge is 0.348 e. The molecule has 0 bridgehead atoms. The first-order valence-corrected chi connectivity index (χ1v) is 11.4. The topological polar surface area (TPSA) is 112 Å². The van der Waals surface area contributed by atoms with Crippen LogP contribution in [0.1, 0.15) is 49.9 Å². The maximum absolute atomic E-state index is 13.0. The van der Waals surface area contributed by atoms with Crippen LogP contribution >= 0.6 is 22.9 Å². The molecule has 0 aliphatic heterocycles. The average molecular weight is 506 g/mol. The van der Waals surface area contributed by atoms with Crippen molar-refractivity contribution in [3.63, 3.8) is 0 Å². The van der Waals surface area contributed by atoms with E-state index in [4.69, 9.17) is 30.5 Å². The largest absolute Gasteiger partial charge is 0.493 e. The molecular formula is C24H24ClNO7S.